The molecule has 0 aliphatic heterocycles. The lowest BCUT2D eigenvalue weighted by molar-refractivity contribution is -0.116. The van der Waals surface area contributed by atoms with Crippen LogP contribution in [0.3, 0.4) is 0 Å². The zero-order chi connectivity index (χ0) is 14.8. The summed E-state index contributed by atoms with van der Waals surface area (Å²) in [6.07, 6.45) is 0. The molecule has 2 aromatic carbocycles. The molecule has 4 heteroatoms. The smallest absolute Gasteiger partial charge is 0.174 e. The number of ketones is 1. The largest absolute Gasteiger partial charge is 0.299 e. The standard InChI is InChI=1S/C17H16N2OS/c1-12(20)13(2)21-17-18-15-10-6-7-11-16(15)19(17)14-8-4-3-5-9-14/h3-11,13H,1-2H3. The minimum Gasteiger partial charge on any atom is -0.299 e. The highest BCUT2D eigenvalue weighted by atomic mass is 32.2. The fourth-order valence-corrected chi connectivity index (χ4v) is 3.09. The van der Waals surface area contributed by atoms with Crippen LogP contribution in [0.4, 0.5) is 0 Å². The molecule has 0 bridgehead atoms. The zero-order valence-electron chi connectivity index (χ0n) is 12.0. The quantitative estimate of drug-likeness (QED) is 0.680. The summed E-state index contributed by atoms with van der Waals surface area (Å²) in [4.78, 5) is 16.2. The van der Waals surface area contributed by atoms with E-state index in [2.05, 4.69) is 27.8 Å². The number of carbonyl (C=O) groups excluding carboxylic acids is 1. The van der Waals surface area contributed by atoms with Crippen LogP contribution in [0, 0.1) is 0 Å². The minimum absolute atomic E-state index is 0.107. The molecule has 0 saturated carbocycles. The first-order chi connectivity index (χ1) is 10.2. The third kappa shape index (κ3) is 2.72. The molecule has 0 aliphatic rings. The number of fused-ring (bicyclic) bond motifs is 1. The Morgan fingerprint density at radius 3 is 2.48 bits per heavy atom. The summed E-state index contributed by atoms with van der Waals surface area (Å²) in [5.41, 5.74) is 3.06. The number of nitrogens with zero attached hydrogens (tertiary/aromatic N) is 2. The number of hydrogen-bond acceptors (Lipinski definition) is 3. The molecule has 3 nitrogen and oxygen atoms in total. The van der Waals surface area contributed by atoms with E-state index in [-0.39, 0.29) is 11.0 Å². The molecular weight excluding hydrogens is 280 g/mol. The maximum Gasteiger partial charge on any atom is 0.174 e. The lowest BCUT2D eigenvalue weighted by Gasteiger charge is -2.11. The molecule has 0 aliphatic carbocycles. The van der Waals surface area contributed by atoms with Crippen LogP contribution in [0.2, 0.25) is 0 Å². The van der Waals surface area contributed by atoms with Crippen molar-refractivity contribution in [3.05, 3.63) is 54.6 Å². The molecule has 0 saturated heterocycles. The van der Waals surface area contributed by atoms with Gasteiger partial charge in [0.15, 0.2) is 5.16 Å². The van der Waals surface area contributed by atoms with Crippen LogP contribution in [-0.2, 0) is 4.79 Å². The predicted octanol–water partition coefficient (Wildman–Crippen LogP) is 4.10. The third-order valence-corrected chi connectivity index (χ3v) is 4.57. The maximum absolute atomic E-state index is 11.6. The van der Waals surface area contributed by atoms with Crippen LogP contribution < -0.4 is 0 Å². The normalized spacial score (nSPS) is 12.5. The number of imidazole rings is 1. The Labute approximate surface area is 128 Å². The van der Waals surface area contributed by atoms with Crippen LogP contribution in [-0.4, -0.2) is 20.6 Å². The fourth-order valence-electron chi connectivity index (χ4n) is 2.15. The predicted molar refractivity (Wildman–Crippen MR) is 87.1 cm³/mol. The number of hydrogen-bond donors (Lipinski definition) is 0. The molecule has 3 aromatic rings. The average Bonchev–Trinajstić information content (AvgIpc) is 2.85. The van der Waals surface area contributed by atoms with Gasteiger partial charge in [-0.15, -0.1) is 0 Å². The van der Waals surface area contributed by atoms with E-state index in [9.17, 15) is 4.79 Å². The lowest BCUT2D eigenvalue weighted by Crippen LogP contribution is -2.09. The first kappa shape index (κ1) is 13.9. The summed E-state index contributed by atoms with van der Waals surface area (Å²) >= 11 is 1.50. The van der Waals surface area contributed by atoms with Gasteiger partial charge in [0.25, 0.3) is 0 Å². The van der Waals surface area contributed by atoms with E-state index in [1.165, 1.54) is 11.8 Å². The molecule has 0 N–H and O–H groups in total. The Kier molecular flexibility index (Phi) is 3.80. The lowest BCUT2D eigenvalue weighted by atomic mass is 10.3. The van der Waals surface area contributed by atoms with Crippen molar-refractivity contribution in [3.63, 3.8) is 0 Å². The Morgan fingerprint density at radius 1 is 1.10 bits per heavy atom. The Morgan fingerprint density at radius 2 is 1.76 bits per heavy atom. The van der Waals surface area contributed by atoms with Gasteiger partial charge >= 0.3 is 0 Å². The molecule has 0 spiro atoms. The van der Waals surface area contributed by atoms with Gasteiger partial charge in [-0.2, -0.15) is 0 Å². The second kappa shape index (κ2) is 5.74. The average molecular weight is 296 g/mol. The number of para-hydroxylation sites is 3. The van der Waals surface area contributed by atoms with Crippen LogP contribution in [0.25, 0.3) is 16.7 Å². The second-order valence-electron chi connectivity index (χ2n) is 4.92. The summed E-state index contributed by atoms with van der Waals surface area (Å²) in [7, 11) is 0. The topological polar surface area (TPSA) is 34.9 Å². The number of aromatic nitrogens is 2. The molecular formula is C17H16N2OS. The Balaban J connectivity index is 2.17. The van der Waals surface area contributed by atoms with Crippen LogP contribution in [0.5, 0.6) is 0 Å². The van der Waals surface area contributed by atoms with Crippen LogP contribution in [0.15, 0.2) is 59.8 Å². The van der Waals surface area contributed by atoms with Crippen molar-refractivity contribution < 1.29 is 4.79 Å². The first-order valence-electron chi connectivity index (χ1n) is 6.87. The van der Waals surface area contributed by atoms with Crippen molar-refractivity contribution in [1.82, 2.24) is 9.55 Å². The number of thioether (sulfide) groups is 1. The highest BCUT2D eigenvalue weighted by Gasteiger charge is 2.17. The van der Waals surface area contributed by atoms with E-state index >= 15 is 0 Å². The maximum atomic E-state index is 11.6. The minimum atomic E-state index is -0.107. The molecule has 1 heterocycles. The monoisotopic (exact) mass is 296 g/mol. The van der Waals surface area contributed by atoms with E-state index < -0.39 is 0 Å². The number of Topliss-reactive ketones (excluding diaryl/α,β-unsaturated/α-hetero) is 1. The highest BCUT2D eigenvalue weighted by molar-refractivity contribution is 8.00. The molecule has 21 heavy (non-hydrogen) atoms. The van der Waals surface area contributed by atoms with Gasteiger partial charge in [-0.05, 0) is 38.1 Å². The van der Waals surface area contributed by atoms with Gasteiger partial charge in [0, 0.05) is 5.69 Å². The van der Waals surface area contributed by atoms with Crippen molar-refractivity contribution in [2.45, 2.75) is 24.3 Å². The van der Waals surface area contributed by atoms with Gasteiger partial charge in [0.1, 0.15) is 5.78 Å². The van der Waals surface area contributed by atoms with Crippen molar-refractivity contribution in [2.75, 3.05) is 0 Å². The van der Waals surface area contributed by atoms with E-state index in [0.717, 1.165) is 21.9 Å². The van der Waals surface area contributed by atoms with Crippen molar-refractivity contribution in [2.24, 2.45) is 0 Å². The van der Waals surface area contributed by atoms with Gasteiger partial charge < -0.3 is 0 Å². The van der Waals surface area contributed by atoms with Crippen molar-refractivity contribution in [3.8, 4) is 5.69 Å². The SMILES string of the molecule is CC(=O)C(C)Sc1nc2ccccc2n1-c1ccccc1. The number of benzene rings is 2. The van der Waals surface area contributed by atoms with E-state index in [0.29, 0.717) is 0 Å². The third-order valence-electron chi connectivity index (χ3n) is 3.40. The first-order valence-corrected chi connectivity index (χ1v) is 7.75. The summed E-state index contributed by atoms with van der Waals surface area (Å²) < 4.78 is 2.11. The molecule has 1 atom stereocenters. The number of carbonyl (C=O) groups is 1. The highest BCUT2D eigenvalue weighted by Crippen LogP contribution is 2.30. The second-order valence-corrected chi connectivity index (χ2v) is 6.23. The summed E-state index contributed by atoms with van der Waals surface area (Å²) in [6, 6.07) is 18.1. The van der Waals surface area contributed by atoms with E-state index in [1.807, 2.05) is 43.3 Å². The fraction of sp³-hybridized carbons (Fsp3) is 0.176. The molecule has 0 radical (unpaired) electrons. The number of rotatable bonds is 4. The molecule has 3 rings (SSSR count). The molecule has 0 fully saturated rings. The van der Waals surface area contributed by atoms with Crippen molar-refractivity contribution in [1.29, 1.82) is 0 Å². The Bertz CT molecular complexity index is 780. The van der Waals surface area contributed by atoms with Crippen LogP contribution >= 0.6 is 11.8 Å². The van der Waals surface area contributed by atoms with Crippen LogP contribution in [0.1, 0.15) is 13.8 Å². The summed E-state index contributed by atoms with van der Waals surface area (Å²) in [6.45, 7) is 3.54. The summed E-state index contributed by atoms with van der Waals surface area (Å²) in [5.74, 6) is 0.159. The zero-order valence-corrected chi connectivity index (χ0v) is 12.8. The van der Waals surface area contributed by atoms with E-state index in [4.69, 9.17) is 0 Å². The van der Waals surface area contributed by atoms with Gasteiger partial charge in [-0.25, -0.2) is 4.98 Å². The molecule has 1 aromatic heterocycles. The van der Waals surface area contributed by atoms with E-state index in [1.54, 1.807) is 6.92 Å². The molecule has 0 amide bonds. The van der Waals surface area contributed by atoms with Gasteiger partial charge in [-0.1, -0.05) is 42.1 Å². The van der Waals surface area contributed by atoms with Crippen molar-refractivity contribution >= 4 is 28.6 Å². The van der Waals surface area contributed by atoms with Gasteiger partial charge in [0.2, 0.25) is 0 Å². The molecule has 1 unspecified atom stereocenters. The summed E-state index contributed by atoms with van der Waals surface area (Å²) in [5, 5.41) is 0.745. The Hall–Kier alpha value is -2.07. The van der Waals surface area contributed by atoms with Gasteiger partial charge in [0.05, 0.1) is 16.3 Å². The molecule has 106 valence electrons. The van der Waals surface area contributed by atoms with Gasteiger partial charge in [-0.3, -0.25) is 9.36 Å².